The highest BCUT2D eigenvalue weighted by molar-refractivity contribution is 7.73. The van der Waals surface area contributed by atoms with Gasteiger partial charge in [0, 0.05) is 48.5 Å². The van der Waals surface area contributed by atoms with Crippen LogP contribution < -0.4 is 4.72 Å². The SMILES string of the molecule is CC(C)(c1ccccc1F)N1CCN(C(=O)c2ccc(N[SH](=O)=O)cc2)CC1. The first-order valence-corrected chi connectivity index (χ1v) is 10.3. The van der Waals surface area contributed by atoms with Gasteiger partial charge in [-0.2, -0.15) is 0 Å². The van der Waals surface area contributed by atoms with Crippen molar-refractivity contribution in [3.8, 4) is 0 Å². The quantitative estimate of drug-likeness (QED) is 0.750. The molecule has 1 fully saturated rings. The van der Waals surface area contributed by atoms with Gasteiger partial charge in [0.05, 0.1) is 0 Å². The fraction of sp³-hybridized carbons (Fsp3) is 0.350. The average molecular weight is 405 g/mol. The van der Waals surface area contributed by atoms with Gasteiger partial charge in [-0.15, -0.1) is 0 Å². The van der Waals surface area contributed by atoms with E-state index in [1.807, 2.05) is 19.9 Å². The third-order valence-corrected chi connectivity index (χ3v) is 5.68. The van der Waals surface area contributed by atoms with Crippen molar-refractivity contribution >= 4 is 22.5 Å². The molecule has 8 heteroatoms. The number of thiol groups is 1. The van der Waals surface area contributed by atoms with Gasteiger partial charge in [-0.3, -0.25) is 14.4 Å². The second kappa shape index (κ2) is 8.28. The van der Waals surface area contributed by atoms with Crippen LogP contribution in [-0.4, -0.2) is 50.3 Å². The Balaban J connectivity index is 1.65. The topological polar surface area (TPSA) is 69.7 Å². The maximum Gasteiger partial charge on any atom is 0.253 e. The van der Waals surface area contributed by atoms with E-state index in [0.29, 0.717) is 43.0 Å². The number of carbonyl (C=O) groups excluding carboxylic acids is 1. The molecule has 2 aromatic rings. The first-order valence-electron chi connectivity index (χ1n) is 9.09. The molecule has 150 valence electrons. The fourth-order valence-corrected chi connectivity index (χ4v) is 3.93. The number of halogens is 1. The number of carbonyl (C=O) groups is 1. The summed E-state index contributed by atoms with van der Waals surface area (Å²) in [6.45, 7) is 6.37. The minimum Gasteiger partial charge on any atom is -0.336 e. The second-order valence-electron chi connectivity index (χ2n) is 7.26. The standard InChI is InChI=1S/C20H24FN3O3S/c1-20(2,17-5-3-4-6-18(17)21)24-13-11-23(12-14-24)19(25)15-7-9-16(10-8-15)22-28(26)27/h3-10,28H,11-14H2,1-2H3,(H,22,26,27). The molecule has 0 aromatic heterocycles. The lowest BCUT2D eigenvalue weighted by Gasteiger charge is -2.44. The summed E-state index contributed by atoms with van der Waals surface area (Å²) < 4.78 is 37.9. The number of amides is 1. The van der Waals surface area contributed by atoms with Crippen LogP contribution in [0.4, 0.5) is 10.1 Å². The Morgan fingerprint density at radius 3 is 2.18 bits per heavy atom. The molecule has 2 aromatic carbocycles. The van der Waals surface area contributed by atoms with Crippen molar-refractivity contribution in [2.24, 2.45) is 0 Å². The molecule has 0 unspecified atom stereocenters. The Kier molecular flexibility index (Phi) is 6.00. The Labute approximate surface area is 166 Å². The number of piperazine rings is 1. The van der Waals surface area contributed by atoms with Crippen molar-refractivity contribution in [3.05, 3.63) is 65.5 Å². The Morgan fingerprint density at radius 2 is 1.61 bits per heavy atom. The van der Waals surface area contributed by atoms with Gasteiger partial charge in [0.15, 0.2) is 0 Å². The summed E-state index contributed by atoms with van der Waals surface area (Å²) in [5, 5.41) is 0. The number of anilines is 1. The van der Waals surface area contributed by atoms with Crippen LogP contribution in [0.3, 0.4) is 0 Å². The van der Waals surface area contributed by atoms with Crippen molar-refractivity contribution in [2.75, 3.05) is 30.9 Å². The number of hydrogen-bond donors (Lipinski definition) is 2. The normalized spacial score (nSPS) is 15.6. The molecular formula is C20H24FN3O3S. The van der Waals surface area contributed by atoms with Gasteiger partial charge in [-0.05, 0) is 44.2 Å². The lowest BCUT2D eigenvalue weighted by Crippen LogP contribution is -2.54. The van der Waals surface area contributed by atoms with E-state index in [0.717, 1.165) is 0 Å². The van der Waals surface area contributed by atoms with Crippen molar-refractivity contribution < 1.29 is 17.6 Å². The molecule has 0 bridgehead atoms. The lowest BCUT2D eigenvalue weighted by atomic mass is 9.91. The third-order valence-electron chi connectivity index (χ3n) is 5.24. The van der Waals surface area contributed by atoms with Gasteiger partial charge in [0.1, 0.15) is 5.82 Å². The molecule has 28 heavy (non-hydrogen) atoms. The first-order chi connectivity index (χ1) is 13.3. The minimum absolute atomic E-state index is 0.0959. The second-order valence-corrected chi connectivity index (χ2v) is 8.00. The zero-order chi connectivity index (χ0) is 20.3. The summed E-state index contributed by atoms with van der Waals surface area (Å²) in [4.78, 5) is 16.7. The molecule has 0 saturated carbocycles. The number of benzene rings is 2. The zero-order valence-corrected chi connectivity index (χ0v) is 16.8. The largest absolute Gasteiger partial charge is 0.336 e. The monoisotopic (exact) mass is 405 g/mol. The van der Waals surface area contributed by atoms with Crippen LogP contribution in [0.25, 0.3) is 0 Å². The van der Waals surface area contributed by atoms with Gasteiger partial charge < -0.3 is 4.90 Å². The maximum atomic E-state index is 14.2. The molecule has 6 nitrogen and oxygen atoms in total. The van der Waals surface area contributed by atoms with Crippen molar-refractivity contribution in [3.63, 3.8) is 0 Å². The van der Waals surface area contributed by atoms with Crippen LogP contribution in [-0.2, 0) is 16.4 Å². The van der Waals surface area contributed by atoms with Crippen molar-refractivity contribution in [2.45, 2.75) is 19.4 Å². The van der Waals surface area contributed by atoms with Gasteiger partial charge in [0.2, 0.25) is 10.9 Å². The van der Waals surface area contributed by atoms with Crippen LogP contribution in [0.5, 0.6) is 0 Å². The molecule has 1 heterocycles. The van der Waals surface area contributed by atoms with Crippen LogP contribution in [0, 0.1) is 5.82 Å². The molecule has 1 aliphatic rings. The lowest BCUT2D eigenvalue weighted by molar-refractivity contribution is 0.0381. The highest BCUT2D eigenvalue weighted by Crippen LogP contribution is 2.30. The van der Waals surface area contributed by atoms with E-state index in [2.05, 4.69) is 9.62 Å². The number of nitrogens with one attached hydrogen (secondary N) is 1. The molecule has 3 rings (SSSR count). The predicted molar refractivity (Wildman–Crippen MR) is 107 cm³/mol. The zero-order valence-electron chi connectivity index (χ0n) is 15.9. The molecule has 1 saturated heterocycles. The predicted octanol–water partition coefficient (Wildman–Crippen LogP) is 2.46. The van der Waals surface area contributed by atoms with Gasteiger partial charge in [-0.1, -0.05) is 18.2 Å². The van der Waals surface area contributed by atoms with E-state index >= 15 is 0 Å². The number of nitrogens with zero attached hydrogens (tertiary/aromatic N) is 2. The third kappa shape index (κ3) is 4.34. The highest BCUT2D eigenvalue weighted by Gasteiger charge is 2.34. The summed E-state index contributed by atoms with van der Waals surface area (Å²) in [5.41, 5.74) is 1.11. The molecule has 1 N–H and O–H groups in total. The minimum atomic E-state index is -2.73. The van der Waals surface area contributed by atoms with Gasteiger partial charge >= 0.3 is 0 Å². The number of rotatable bonds is 5. The summed E-state index contributed by atoms with van der Waals surface area (Å²) in [6.07, 6.45) is 0. The fourth-order valence-electron chi connectivity index (χ4n) is 3.57. The van der Waals surface area contributed by atoms with Crippen LogP contribution in [0.15, 0.2) is 48.5 Å². The average Bonchev–Trinajstić information content (AvgIpc) is 2.68. The van der Waals surface area contributed by atoms with E-state index in [1.54, 1.807) is 41.3 Å². The molecule has 0 radical (unpaired) electrons. The van der Waals surface area contributed by atoms with E-state index in [-0.39, 0.29) is 11.7 Å². The summed E-state index contributed by atoms with van der Waals surface area (Å²) in [5.74, 6) is -0.319. The first kappa shape index (κ1) is 20.3. The molecule has 0 aliphatic carbocycles. The van der Waals surface area contributed by atoms with Crippen LogP contribution in [0.2, 0.25) is 0 Å². The summed E-state index contributed by atoms with van der Waals surface area (Å²) in [6, 6.07) is 13.1. The molecule has 1 aliphatic heterocycles. The Morgan fingerprint density at radius 1 is 1.00 bits per heavy atom. The smallest absolute Gasteiger partial charge is 0.253 e. The van der Waals surface area contributed by atoms with E-state index in [4.69, 9.17) is 0 Å². The number of hydrogen-bond acceptors (Lipinski definition) is 4. The van der Waals surface area contributed by atoms with E-state index in [1.165, 1.54) is 6.07 Å². The van der Waals surface area contributed by atoms with Crippen LogP contribution in [0.1, 0.15) is 29.8 Å². The Hall–Kier alpha value is -2.45. The summed E-state index contributed by atoms with van der Waals surface area (Å²) in [7, 11) is -2.73. The van der Waals surface area contributed by atoms with E-state index in [9.17, 15) is 17.6 Å². The Bertz CT molecular complexity index is 913. The highest BCUT2D eigenvalue weighted by atomic mass is 32.2. The van der Waals surface area contributed by atoms with Crippen molar-refractivity contribution in [1.82, 2.24) is 9.80 Å². The molecule has 1 amide bonds. The molecule has 0 spiro atoms. The van der Waals surface area contributed by atoms with Crippen molar-refractivity contribution in [1.29, 1.82) is 0 Å². The van der Waals surface area contributed by atoms with Gasteiger partial charge in [0.25, 0.3) is 5.91 Å². The molecule has 0 atom stereocenters. The maximum absolute atomic E-state index is 14.2. The van der Waals surface area contributed by atoms with E-state index < -0.39 is 16.4 Å². The molecular weight excluding hydrogens is 381 g/mol. The van der Waals surface area contributed by atoms with Gasteiger partial charge in [-0.25, -0.2) is 12.8 Å². The summed E-state index contributed by atoms with van der Waals surface area (Å²) >= 11 is 0. The van der Waals surface area contributed by atoms with Crippen LogP contribution >= 0.6 is 0 Å².